The number of fused-ring (bicyclic) bond motifs is 1. The molecule has 1 fully saturated rings. The zero-order valence-corrected chi connectivity index (χ0v) is 25.5. The summed E-state index contributed by atoms with van der Waals surface area (Å²) in [6, 6.07) is 5.20. The minimum Gasteiger partial charge on any atom is -0.496 e. The van der Waals surface area contributed by atoms with Crippen LogP contribution in [0.2, 0.25) is 5.02 Å². The SMILES string of the molecule is COc1ccc(Cl)cc1CN(CCOC(C)=O)c1ncnc2c1ncn2[C@@H]1O[C@H](COC(C)=O)[C@@H](OC(C)=O)[C@H]1OC(C)=O. The summed E-state index contributed by atoms with van der Waals surface area (Å²) >= 11 is 6.27. The van der Waals surface area contributed by atoms with Gasteiger partial charge in [0.05, 0.1) is 20.0 Å². The van der Waals surface area contributed by atoms with Gasteiger partial charge in [-0.1, -0.05) is 11.6 Å². The second-order valence-corrected chi connectivity index (χ2v) is 10.2. The van der Waals surface area contributed by atoms with Crippen molar-refractivity contribution in [2.24, 2.45) is 0 Å². The average Bonchev–Trinajstić information content (AvgIpc) is 3.52. The number of rotatable bonds is 12. The summed E-state index contributed by atoms with van der Waals surface area (Å²) in [5.74, 6) is -1.34. The number of esters is 4. The molecule has 3 aromatic rings. The summed E-state index contributed by atoms with van der Waals surface area (Å²) in [5, 5.41) is 0.499. The lowest BCUT2D eigenvalue weighted by molar-refractivity contribution is -0.166. The smallest absolute Gasteiger partial charge is 0.303 e. The van der Waals surface area contributed by atoms with E-state index in [0.717, 1.165) is 5.56 Å². The van der Waals surface area contributed by atoms with Gasteiger partial charge in [-0.15, -0.1) is 0 Å². The Hall–Kier alpha value is -4.50. The highest BCUT2D eigenvalue weighted by atomic mass is 35.5. The number of carbonyl (C=O) groups is 4. The largest absolute Gasteiger partial charge is 0.496 e. The molecule has 1 aliphatic heterocycles. The maximum Gasteiger partial charge on any atom is 0.303 e. The van der Waals surface area contributed by atoms with E-state index in [1.54, 1.807) is 25.3 Å². The third-order valence-electron chi connectivity index (χ3n) is 6.52. The molecular formula is C28H32ClN5O10. The van der Waals surface area contributed by atoms with E-state index < -0.39 is 48.4 Å². The first kappa shape index (κ1) is 32.4. The van der Waals surface area contributed by atoms with Crippen molar-refractivity contribution in [3.63, 3.8) is 0 Å². The average molecular weight is 634 g/mol. The molecule has 1 aromatic carbocycles. The van der Waals surface area contributed by atoms with Gasteiger partial charge in [0.1, 0.15) is 31.4 Å². The highest BCUT2D eigenvalue weighted by molar-refractivity contribution is 6.30. The van der Waals surface area contributed by atoms with Crippen LogP contribution in [0.25, 0.3) is 11.2 Å². The highest BCUT2D eigenvalue weighted by Gasteiger charge is 2.51. The lowest BCUT2D eigenvalue weighted by Crippen LogP contribution is -2.40. The van der Waals surface area contributed by atoms with E-state index in [0.29, 0.717) is 27.8 Å². The van der Waals surface area contributed by atoms with E-state index >= 15 is 0 Å². The third kappa shape index (κ3) is 7.71. The van der Waals surface area contributed by atoms with Crippen LogP contribution in [0.15, 0.2) is 30.9 Å². The fourth-order valence-electron chi connectivity index (χ4n) is 4.81. The fraction of sp³-hybridized carbons (Fsp3) is 0.464. The fourth-order valence-corrected chi connectivity index (χ4v) is 5.00. The Morgan fingerprint density at radius 2 is 1.66 bits per heavy atom. The van der Waals surface area contributed by atoms with Crippen molar-refractivity contribution in [2.75, 3.05) is 31.8 Å². The molecule has 0 aliphatic carbocycles. The second-order valence-electron chi connectivity index (χ2n) is 9.75. The molecule has 3 heterocycles. The summed E-state index contributed by atoms with van der Waals surface area (Å²) in [6.07, 6.45) is -1.53. The van der Waals surface area contributed by atoms with Crippen LogP contribution in [-0.2, 0) is 49.4 Å². The van der Waals surface area contributed by atoms with Gasteiger partial charge in [0.15, 0.2) is 35.4 Å². The summed E-state index contributed by atoms with van der Waals surface area (Å²) in [4.78, 5) is 62.4. The number of hydrogen-bond donors (Lipinski definition) is 0. The molecule has 236 valence electrons. The minimum atomic E-state index is -1.14. The van der Waals surface area contributed by atoms with Crippen LogP contribution in [0.5, 0.6) is 5.75 Å². The maximum atomic E-state index is 12.1. The number of aromatic nitrogens is 4. The molecule has 4 rings (SSSR count). The molecule has 1 saturated heterocycles. The molecule has 2 aromatic heterocycles. The molecule has 15 nitrogen and oxygen atoms in total. The molecule has 0 radical (unpaired) electrons. The predicted molar refractivity (Wildman–Crippen MR) is 153 cm³/mol. The number of carbonyl (C=O) groups excluding carboxylic acids is 4. The van der Waals surface area contributed by atoms with Crippen molar-refractivity contribution < 1.29 is 47.6 Å². The number of anilines is 1. The van der Waals surface area contributed by atoms with Crippen molar-refractivity contribution in [3.05, 3.63) is 41.4 Å². The first-order chi connectivity index (χ1) is 21.0. The maximum absolute atomic E-state index is 12.1. The van der Waals surface area contributed by atoms with Crippen LogP contribution < -0.4 is 9.64 Å². The Balaban J connectivity index is 1.75. The Bertz CT molecular complexity index is 1530. The van der Waals surface area contributed by atoms with E-state index in [1.165, 1.54) is 44.9 Å². The molecular weight excluding hydrogens is 602 g/mol. The molecule has 1 aliphatic rings. The Kier molecular flexibility index (Phi) is 10.5. The standard InChI is InChI=1S/C28H32ClN5O10/c1-15(35)40-9-8-33(11-19-10-20(29)6-7-21(19)39-5)26-23-27(31-13-30-26)34(14-32-23)28-25(43-18(4)38)24(42-17(3)37)22(44-28)12-41-16(2)36/h6-7,10,13-14,22,24-25,28H,8-9,11-12H2,1-5H3/t22-,24-,25-,28-/m1/s1. The van der Waals surface area contributed by atoms with Gasteiger partial charge < -0.3 is 33.3 Å². The quantitative estimate of drug-likeness (QED) is 0.210. The van der Waals surface area contributed by atoms with Crippen molar-refractivity contribution in [1.82, 2.24) is 19.5 Å². The first-order valence-electron chi connectivity index (χ1n) is 13.5. The Morgan fingerprint density at radius 3 is 2.32 bits per heavy atom. The first-order valence-corrected chi connectivity index (χ1v) is 13.9. The van der Waals surface area contributed by atoms with E-state index in [9.17, 15) is 19.2 Å². The van der Waals surface area contributed by atoms with Crippen molar-refractivity contribution in [2.45, 2.75) is 58.8 Å². The lowest BCUT2D eigenvalue weighted by atomic mass is 10.1. The number of imidazole rings is 1. The van der Waals surface area contributed by atoms with E-state index in [2.05, 4.69) is 15.0 Å². The molecule has 0 unspecified atom stereocenters. The molecule has 0 spiro atoms. The van der Waals surface area contributed by atoms with Crippen LogP contribution in [-0.4, -0.2) is 88.6 Å². The minimum absolute atomic E-state index is 0.0482. The number of hydrogen-bond acceptors (Lipinski definition) is 14. The summed E-state index contributed by atoms with van der Waals surface area (Å²) in [7, 11) is 1.54. The van der Waals surface area contributed by atoms with Crippen LogP contribution in [0.3, 0.4) is 0 Å². The van der Waals surface area contributed by atoms with Crippen molar-refractivity contribution >= 4 is 52.5 Å². The zero-order chi connectivity index (χ0) is 32.0. The molecule has 4 atom stereocenters. The number of benzene rings is 1. The number of nitrogens with zero attached hydrogens (tertiary/aromatic N) is 5. The molecule has 0 N–H and O–H groups in total. The topological polar surface area (TPSA) is 170 Å². The van der Waals surface area contributed by atoms with E-state index in [1.807, 2.05) is 4.90 Å². The molecule has 44 heavy (non-hydrogen) atoms. The molecule has 0 saturated carbocycles. The Morgan fingerprint density at radius 1 is 0.955 bits per heavy atom. The number of halogens is 1. The van der Waals surface area contributed by atoms with Crippen molar-refractivity contribution in [3.8, 4) is 5.75 Å². The van der Waals surface area contributed by atoms with E-state index in [4.69, 9.17) is 40.0 Å². The van der Waals surface area contributed by atoms with Crippen molar-refractivity contribution in [1.29, 1.82) is 0 Å². The summed E-state index contributed by atoms with van der Waals surface area (Å²) in [6.45, 7) is 5.21. The number of methoxy groups -OCH3 is 1. The molecule has 0 bridgehead atoms. The second kappa shape index (κ2) is 14.3. The van der Waals surface area contributed by atoms with Gasteiger partial charge in [-0.25, -0.2) is 15.0 Å². The highest BCUT2D eigenvalue weighted by Crippen LogP contribution is 2.37. The monoisotopic (exact) mass is 633 g/mol. The lowest BCUT2D eigenvalue weighted by Gasteiger charge is -2.25. The van der Waals surface area contributed by atoms with Gasteiger partial charge in [-0.05, 0) is 18.2 Å². The van der Waals surface area contributed by atoms with Gasteiger partial charge in [-0.2, -0.15) is 0 Å². The predicted octanol–water partition coefficient (Wildman–Crippen LogP) is 2.38. The summed E-state index contributed by atoms with van der Waals surface area (Å²) in [5.41, 5.74) is 1.37. The van der Waals surface area contributed by atoms with Gasteiger partial charge >= 0.3 is 23.9 Å². The normalized spacial score (nSPS) is 19.3. The number of ether oxygens (including phenoxy) is 6. The van der Waals surface area contributed by atoms with Gasteiger partial charge in [0.25, 0.3) is 0 Å². The van der Waals surface area contributed by atoms with Gasteiger partial charge in [-0.3, -0.25) is 23.7 Å². The summed E-state index contributed by atoms with van der Waals surface area (Å²) < 4.78 is 34.5. The van der Waals surface area contributed by atoms with E-state index in [-0.39, 0.29) is 26.3 Å². The Labute approximate surface area is 257 Å². The van der Waals surface area contributed by atoms with Gasteiger partial charge in [0.2, 0.25) is 0 Å². The van der Waals surface area contributed by atoms with Crippen LogP contribution in [0.4, 0.5) is 5.82 Å². The zero-order valence-electron chi connectivity index (χ0n) is 24.7. The van der Waals surface area contributed by atoms with Crippen LogP contribution >= 0.6 is 11.6 Å². The third-order valence-corrected chi connectivity index (χ3v) is 6.76. The van der Waals surface area contributed by atoms with Crippen LogP contribution in [0, 0.1) is 0 Å². The molecule has 0 amide bonds. The van der Waals surface area contributed by atoms with Gasteiger partial charge in [0, 0.05) is 44.8 Å². The molecule has 16 heteroatoms. The van der Waals surface area contributed by atoms with Crippen LogP contribution in [0.1, 0.15) is 39.5 Å².